The maximum absolute atomic E-state index is 13.3. The fourth-order valence-electron chi connectivity index (χ4n) is 4.67. The van der Waals surface area contributed by atoms with Crippen LogP contribution in [-0.4, -0.2) is 78.9 Å². The van der Waals surface area contributed by atoms with Gasteiger partial charge in [-0.2, -0.15) is 8.61 Å². The van der Waals surface area contributed by atoms with E-state index in [-0.39, 0.29) is 22.9 Å². The highest BCUT2D eigenvalue weighted by Crippen LogP contribution is 2.34. The number of benzene rings is 2. The third-order valence-electron chi connectivity index (χ3n) is 6.67. The van der Waals surface area contributed by atoms with Crippen LogP contribution in [-0.2, 0) is 20.0 Å². The summed E-state index contributed by atoms with van der Waals surface area (Å²) >= 11 is 0. The van der Waals surface area contributed by atoms with Crippen LogP contribution in [0, 0.1) is 5.92 Å². The standard InChI is InChI=1S/C24H33N3O6S2/c1-19-6-5-11-27(18-19)35(30,31)22-9-10-24(33-3)23(17-22)25-12-14-26(15-13-25)34(28,29)21-8-4-7-20(16-21)32-2/h4,7-10,16-17,19H,5-6,11-15,18H2,1-3H3/t19-/m1/s1. The number of nitrogens with zero attached hydrogens (tertiary/aromatic N) is 3. The third-order valence-corrected chi connectivity index (χ3v) is 10.4. The first-order valence-corrected chi connectivity index (χ1v) is 14.6. The smallest absolute Gasteiger partial charge is 0.243 e. The molecule has 0 unspecified atom stereocenters. The van der Waals surface area contributed by atoms with Crippen LogP contribution >= 0.6 is 0 Å². The molecule has 0 radical (unpaired) electrons. The van der Waals surface area contributed by atoms with Gasteiger partial charge in [0, 0.05) is 45.3 Å². The Morgan fingerprint density at radius 1 is 0.800 bits per heavy atom. The number of anilines is 1. The summed E-state index contributed by atoms with van der Waals surface area (Å²) in [6.07, 6.45) is 1.88. The van der Waals surface area contributed by atoms with E-state index in [0.29, 0.717) is 49.3 Å². The fraction of sp³-hybridized carbons (Fsp3) is 0.500. The van der Waals surface area contributed by atoms with Crippen LogP contribution in [0.2, 0.25) is 0 Å². The van der Waals surface area contributed by atoms with Gasteiger partial charge in [0.25, 0.3) is 0 Å². The molecule has 2 saturated heterocycles. The number of piperidine rings is 1. The third kappa shape index (κ3) is 5.28. The zero-order valence-electron chi connectivity index (χ0n) is 20.4. The Morgan fingerprint density at radius 3 is 2.14 bits per heavy atom. The number of ether oxygens (including phenoxy) is 2. The van der Waals surface area contributed by atoms with Gasteiger partial charge in [0.1, 0.15) is 11.5 Å². The molecular formula is C24H33N3O6S2. The Labute approximate surface area is 208 Å². The Kier molecular flexibility index (Phi) is 7.60. The second-order valence-corrected chi connectivity index (χ2v) is 12.9. The summed E-state index contributed by atoms with van der Waals surface area (Å²) in [6.45, 7) is 4.46. The maximum Gasteiger partial charge on any atom is 0.243 e. The average molecular weight is 524 g/mol. The molecule has 11 heteroatoms. The van der Waals surface area contributed by atoms with Crippen LogP contribution in [0.15, 0.2) is 52.3 Å². The number of hydrogen-bond acceptors (Lipinski definition) is 7. The van der Waals surface area contributed by atoms with Gasteiger partial charge in [-0.05, 0) is 49.1 Å². The van der Waals surface area contributed by atoms with Gasteiger partial charge in [-0.15, -0.1) is 0 Å². The number of rotatable bonds is 7. The van der Waals surface area contributed by atoms with Crippen molar-refractivity contribution in [3.05, 3.63) is 42.5 Å². The summed E-state index contributed by atoms with van der Waals surface area (Å²) in [7, 11) is -4.26. The van der Waals surface area contributed by atoms with Crippen LogP contribution in [0.25, 0.3) is 0 Å². The van der Waals surface area contributed by atoms with Crippen LogP contribution < -0.4 is 14.4 Å². The molecule has 4 rings (SSSR count). The molecule has 0 aliphatic carbocycles. The highest BCUT2D eigenvalue weighted by atomic mass is 32.2. The van der Waals surface area contributed by atoms with Gasteiger partial charge in [0.15, 0.2) is 0 Å². The van der Waals surface area contributed by atoms with E-state index in [9.17, 15) is 16.8 Å². The van der Waals surface area contributed by atoms with Crippen molar-refractivity contribution in [2.75, 3.05) is 58.4 Å². The number of methoxy groups -OCH3 is 2. The van der Waals surface area contributed by atoms with E-state index >= 15 is 0 Å². The normalized spacial score (nSPS) is 20.5. The van der Waals surface area contributed by atoms with E-state index in [1.165, 1.54) is 17.5 Å². The number of piperazine rings is 1. The fourth-order valence-corrected chi connectivity index (χ4v) is 7.75. The second kappa shape index (κ2) is 10.3. The molecule has 2 heterocycles. The lowest BCUT2D eigenvalue weighted by atomic mass is 10.0. The molecule has 2 fully saturated rings. The van der Waals surface area contributed by atoms with Crippen molar-refractivity contribution in [2.45, 2.75) is 29.6 Å². The molecule has 1 atom stereocenters. The Bertz CT molecular complexity index is 1260. The van der Waals surface area contributed by atoms with E-state index in [1.54, 1.807) is 47.8 Å². The van der Waals surface area contributed by atoms with Gasteiger partial charge in [-0.3, -0.25) is 0 Å². The van der Waals surface area contributed by atoms with Gasteiger partial charge in [0.05, 0.1) is 29.7 Å². The summed E-state index contributed by atoms with van der Waals surface area (Å²) in [5.74, 6) is 1.37. The quantitative estimate of drug-likeness (QED) is 0.550. The highest BCUT2D eigenvalue weighted by Gasteiger charge is 2.32. The van der Waals surface area contributed by atoms with E-state index < -0.39 is 20.0 Å². The molecule has 2 aliphatic heterocycles. The first-order chi connectivity index (χ1) is 16.7. The van der Waals surface area contributed by atoms with Crippen molar-refractivity contribution in [1.82, 2.24) is 8.61 Å². The van der Waals surface area contributed by atoms with Crippen molar-refractivity contribution < 1.29 is 26.3 Å². The molecule has 0 N–H and O–H groups in total. The lowest BCUT2D eigenvalue weighted by molar-refractivity contribution is 0.281. The summed E-state index contributed by atoms with van der Waals surface area (Å²) in [6, 6.07) is 11.3. The number of hydrogen-bond donors (Lipinski definition) is 0. The first kappa shape index (κ1) is 25.7. The van der Waals surface area contributed by atoms with E-state index in [0.717, 1.165) is 12.8 Å². The molecule has 0 spiro atoms. The minimum Gasteiger partial charge on any atom is -0.497 e. The molecule has 0 saturated carbocycles. The van der Waals surface area contributed by atoms with Crippen molar-refractivity contribution in [3.8, 4) is 11.5 Å². The molecule has 2 aromatic rings. The molecule has 0 amide bonds. The van der Waals surface area contributed by atoms with Gasteiger partial charge < -0.3 is 14.4 Å². The van der Waals surface area contributed by atoms with Gasteiger partial charge in [0.2, 0.25) is 20.0 Å². The maximum atomic E-state index is 13.3. The molecule has 0 aromatic heterocycles. The summed E-state index contributed by atoms with van der Waals surface area (Å²) in [4.78, 5) is 2.40. The topological polar surface area (TPSA) is 96.5 Å². The Balaban J connectivity index is 1.54. The van der Waals surface area contributed by atoms with Crippen molar-refractivity contribution in [2.24, 2.45) is 5.92 Å². The Morgan fingerprint density at radius 2 is 1.49 bits per heavy atom. The zero-order chi connectivity index (χ0) is 25.2. The summed E-state index contributed by atoms with van der Waals surface area (Å²) in [5.41, 5.74) is 0.650. The second-order valence-electron chi connectivity index (χ2n) is 9.01. The predicted molar refractivity (Wildman–Crippen MR) is 134 cm³/mol. The summed E-state index contributed by atoms with van der Waals surface area (Å²) < 4.78 is 66.7. The highest BCUT2D eigenvalue weighted by molar-refractivity contribution is 7.89. The van der Waals surface area contributed by atoms with Crippen molar-refractivity contribution in [3.63, 3.8) is 0 Å². The molecule has 0 bridgehead atoms. The monoisotopic (exact) mass is 523 g/mol. The average Bonchev–Trinajstić information content (AvgIpc) is 2.88. The van der Waals surface area contributed by atoms with E-state index in [4.69, 9.17) is 9.47 Å². The largest absolute Gasteiger partial charge is 0.497 e. The molecular weight excluding hydrogens is 490 g/mol. The Hall–Kier alpha value is -2.34. The minimum absolute atomic E-state index is 0.187. The molecule has 9 nitrogen and oxygen atoms in total. The number of sulfonamides is 2. The van der Waals surface area contributed by atoms with Gasteiger partial charge in [-0.1, -0.05) is 13.0 Å². The SMILES string of the molecule is COc1cccc(S(=O)(=O)N2CCN(c3cc(S(=O)(=O)N4CCC[C@@H](C)C4)ccc3OC)CC2)c1. The van der Waals surface area contributed by atoms with E-state index in [1.807, 2.05) is 4.90 Å². The van der Waals surface area contributed by atoms with Crippen molar-refractivity contribution >= 4 is 25.7 Å². The molecule has 192 valence electrons. The van der Waals surface area contributed by atoms with Gasteiger partial charge in [-0.25, -0.2) is 16.8 Å². The van der Waals surface area contributed by atoms with Crippen LogP contribution in [0.1, 0.15) is 19.8 Å². The van der Waals surface area contributed by atoms with Crippen LogP contribution in [0.5, 0.6) is 11.5 Å². The first-order valence-electron chi connectivity index (χ1n) is 11.7. The predicted octanol–water partition coefficient (Wildman–Crippen LogP) is 2.64. The lowest BCUT2D eigenvalue weighted by Gasteiger charge is -2.36. The van der Waals surface area contributed by atoms with Crippen molar-refractivity contribution in [1.29, 1.82) is 0 Å². The zero-order valence-corrected chi connectivity index (χ0v) is 22.0. The molecule has 2 aliphatic rings. The lowest BCUT2D eigenvalue weighted by Crippen LogP contribution is -2.48. The van der Waals surface area contributed by atoms with Crippen LogP contribution in [0.3, 0.4) is 0 Å². The van der Waals surface area contributed by atoms with E-state index in [2.05, 4.69) is 6.92 Å². The van der Waals surface area contributed by atoms with Gasteiger partial charge >= 0.3 is 0 Å². The molecule has 35 heavy (non-hydrogen) atoms. The van der Waals surface area contributed by atoms with Crippen LogP contribution in [0.4, 0.5) is 5.69 Å². The summed E-state index contributed by atoms with van der Waals surface area (Å²) in [5, 5.41) is 0. The molecule has 2 aromatic carbocycles. The minimum atomic E-state index is -3.67.